The summed E-state index contributed by atoms with van der Waals surface area (Å²) >= 11 is 11.6. The van der Waals surface area contributed by atoms with Gasteiger partial charge in [0.25, 0.3) is 0 Å². The summed E-state index contributed by atoms with van der Waals surface area (Å²) < 4.78 is 44.5. The number of nitrogens with zero attached hydrogens (tertiary/aromatic N) is 2. The number of hydrogen-bond donors (Lipinski definition) is 1. The first-order valence-electron chi connectivity index (χ1n) is 6.66. The lowest BCUT2D eigenvalue weighted by atomic mass is 10.2. The average molecular weight is 392 g/mol. The molecule has 0 fully saturated rings. The van der Waals surface area contributed by atoms with Crippen LogP contribution in [0, 0.1) is 19.3 Å². The van der Waals surface area contributed by atoms with Gasteiger partial charge in [-0.2, -0.15) is 17.9 Å². The van der Waals surface area contributed by atoms with Crippen molar-refractivity contribution in [1.82, 2.24) is 15.1 Å². The molecule has 0 aliphatic rings. The zero-order chi connectivity index (χ0) is 18.8. The highest BCUT2D eigenvalue weighted by molar-refractivity contribution is 6.37. The summed E-state index contributed by atoms with van der Waals surface area (Å²) in [4.78, 5) is 11.8. The molecule has 25 heavy (non-hydrogen) atoms. The monoisotopic (exact) mass is 391 g/mol. The van der Waals surface area contributed by atoms with Crippen molar-refractivity contribution in [3.8, 4) is 24.0 Å². The van der Waals surface area contributed by atoms with E-state index in [4.69, 9.17) is 34.4 Å². The third-order valence-electron chi connectivity index (χ3n) is 2.93. The van der Waals surface area contributed by atoms with Crippen molar-refractivity contribution in [3.63, 3.8) is 0 Å². The highest BCUT2D eigenvalue weighted by atomic mass is 35.5. The second-order valence-electron chi connectivity index (χ2n) is 4.77. The summed E-state index contributed by atoms with van der Waals surface area (Å²) in [6.45, 7) is 1.58. The predicted octanol–water partition coefficient (Wildman–Crippen LogP) is 4.50. The molecule has 1 amide bonds. The third-order valence-corrected chi connectivity index (χ3v) is 3.49. The Hall–Kier alpha value is -2.37. The lowest BCUT2D eigenvalue weighted by molar-refractivity contribution is -0.137. The predicted molar refractivity (Wildman–Crippen MR) is 86.1 cm³/mol. The van der Waals surface area contributed by atoms with Crippen molar-refractivity contribution in [2.24, 2.45) is 0 Å². The molecule has 0 aliphatic heterocycles. The molecule has 1 N–H and O–H groups in total. The van der Waals surface area contributed by atoms with Crippen LogP contribution in [0.5, 0.6) is 11.6 Å². The highest BCUT2D eigenvalue weighted by Crippen LogP contribution is 2.41. The molecule has 5 nitrogen and oxygen atoms in total. The summed E-state index contributed by atoms with van der Waals surface area (Å²) in [5, 5.41) is 5.60. The normalized spacial score (nSPS) is 11.1. The number of alkyl halides is 3. The van der Waals surface area contributed by atoms with E-state index in [2.05, 4.69) is 16.3 Å². The number of benzene rings is 1. The van der Waals surface area contributed by atoms with Crippen LogP contribution in [0.4, 0.5) is 18.0 Å². The molecule has 1 aromatic heterocycles. The van der Waals surface area contributed by atoms with Crippen molar-refractivity contribution in [3.05, 3.63) is 39.5 Å². The van der Waals surface area contributed by atoms with Gasteiger partial charge in [0.05, 0.1) is 27.8 Å². The minimum absolute atomic E-state index is 0.00485. The number of rotatable bonds is 3. The minimum atomic E-state index is -4.60. The number of ether oxygens (including phenoxy) is 1. The molecule has 0 saturated carbocycles. The molecule has 1 heterocycles. The fourth-order valence-electron chi connectivity index (χ4n) is 1.83. The Kier molecular flexibility index (Phi) is 5.50. The summed E-state index contributed by atoms with van der Waals surface area (Å²) in [5.74, 6) is 1.96. The smallest absolute Gasteiger partial charge is 0.416 e. The van der Waals surface area contributed by atoms with Crippen LogP contribution in [0.3, 0.4) is 0 Å². The molecule has 10 heteroatoms. The minimum Gasteiger partial charge on any atom is -0.434 e. The van der Waals surface area contributed by atoms with Crippen LogP contribution >= 0.6 is 23.2 Å². The van der Waals surface area contributed by atoms with Gasteiger partial charge >= 0.3 is 12.2 Å². The Morgan fingerprint density at radius 2 is 1.96 bits per heavy atom. The molecule has 132 valence electrons. The molecular weight excluding hydrogens is 382 g/mol. The van der Waals surface area contributed by atoms with E-state index in [0.29, 0.717) is 17.8 Å². The van der Waals surface area contributed by atoms with Gasteiger partial charge in [-0.25, -0.2) is 4.79 Å². The van der Waals surface area contributed by atoms with E-state index >= 15 is 0 Å². The third kappa shape index (κ3) is 4.38. The maximum Gasteiger partial charge on any atom is 0.416 e. The number of carbonyl (C=O) groups is 1. The Bertz CT molecular complexity index is 834. The van der Waals surface area contributed by atoms with E-state index in [9.17, 15) is 18.0 Å². The van der Waals surface area contributed by atoms with Crippen molar-refractivity contribution in [2.75, 3.05) is 6.54 Å². The molecule has 0 unspecified atom stereocenters. The standard InChI is InChI=1S/C15H10Cl2F3N3O2/c1-3-4-21-14(24)23-8(2)5-12(22-23)25-13-10(16)6-9(7-11(13)17)15(18,19)20/h1,5-7H,4H2,2H3,(H,21,24). The zero-order valence-electron chi connectivity index (χ0n) is 12.6. The van der Waals surface area contributed by atoms with Crippen molar-refractivity contribution >= 4 is 29.2 Å². The van der Waals surface area contributed by atoms with E-state index in [-0.39, 0.29) is 28.2 Å². The van der Waals surface area contributed by atoms with E-state index < -0.39 is 17.8 Å². The molecule has 0 aliphatic carbocycles. The number of halogens is 5. The maximum absolute atomic E-state index is 12.7. The highest BCUT2D eigenvalue weighted by Gasteiger charge is 2.32. The topological polar surface area (TPSA) is 56.2 Å². The van der Waals surface area contributed by atoms with Crippen LogP contribution in [0.1, 0.15) is 11.3 Å². The number of aromatic nitrogens is 2. The van der Waals surface area contributed by atoms with E-state index in [0.717, 1.165) is 4.68 Å². The summed E-state index contributed by atoms with van der Waals surface area (Å²) in [6.07, 6.45) is 0.450. The van der Waals surface area contributed by atoms with Crippen molar-refractivity contribution in [1.29, 1.82) is 0 Å². The first-order valence-corrected chi connectivity index (χ1v) is 7.41. The van der Waals surface area contributed by atoms with Crippen LogP contribution in [0.25, 0.3) is 0 Å². The Morgan fingerprint density at radius 1 is 1.36 bits per heavy atom. The van der Waals surface area contributed by atoms with E-state index in [1.54, 1.807) is 6.92 Å². The van der Waals surface area contributed by atoms with Gasteiger partial charge in [-0.05, 0) is 19.1 Å². The van der Waals surface area contributed by atoms with Gasteiger partial charge in [0, 0.05) is 6.07 Å². The number of hydrogen-bond acceptors (Lipinski definition) is 3. The molecule has 0 atom stereocenters. The van der Waals surface area contributed by atoms with Gasteiger partial charge in [-0.15, -0.1) is 11.5 Å². The first-order chi connectivity index (χ1) is 11.6. The Morgan fingerprint density at radius 3 is 2.48 bits per heavy atom. The number of carbonyl (C=O) groups excluding carboxylic acids is 1. The number of terminal acetylenes is 1. The van der Waals surface area contributed by atoms with Gasteiger partial charge in [0.1, 0.15) is 0 Å². The second kappa shape index (κ2) is 7.25. The van der Waals surface area contributed by atoms with Gasteiger partial charge in [0.15, 0.2) is 5.75 Å². The fraction of sp³-hybridized carbons (Fsp3) is 0.200. The van der Waals surface area contributed by atoms with Crippen molar-refractivity contribution in [2.45, 2.75) is 13.1 Å². The van der Waals surface area contributed by atoms with Crippen LogP contribution in [-0.2, 0) is 6.18 Å². The molecular formula is C15H10Cl2F3N3O2. The molecule has 2 aromatic rings. The van der Waals surface area contributed by atoms with Crippen LogP contribution in [0.2, 0.25) is 10.0 Å². The van der Waals surface area contributed by atoms with Crippen LogP contribution in [0.15, 0.2) is 18.2 Å². The number of nitrogens with one attached hydrogen (secondary N) is 1. The lowest BCUT2D eigenvalue weighted by Gasteiger charge is -2.11. The van der Waals surface area contributed by atoms with Crippen molar-refractivity contribution < 1.29 is 22.7 Å². The second-order valence-corrected chi connectivity index (χ2v) is 5.58. The number of aryl methyl sites for hydroxylation is 1. The SMILES string of the molecule is C#CCNC(=O)n1nc(Oc2c(Cl)cc(C(F)(F)F)cc2Cl)cc1C. The zero-order valence-corrected chi connectivity index (χ0v) is 14.1. The molecule has 0 radical (unpaired) electrons. The molecule has 1 aromatic carbocycles. The lowest BCUT2D eigenvalue weighted by Crippen LogP contribution is -2.30. The largest absolute Gasteiger partial charge is 0.434 e. The molecule has 0 spiro atoms. The quantitative estimate of drug-likeness (QED) is 0.783. The van der Waals surface area contributed by atoms with Gasteiger partial charge in [-0.3, -0.25) is 0 Å². The van der Waals surface area contributed by atoms with E-state index in [1.165, 1.54) is 6.07 Å². The van der Waals surface area contributed by atoms with Gasteiger partial charge < -0.3 is 10.1 Å². The van der Waals surface area contributed by atoms with Gasteiger partial charge in [0.2, 0.25) is 5.88 Å². The molecule has 0 bridgehead atoms. The Balaban J connectivity index is 2.29. The van der Waals surface area contributed by atoms with Crippen LogP contribution < -0.4 is 10.1 Å². The maximum atomic E-state index is 12.7. The fourth-order valence-corrected chi connectivity index (χ4v) is 2.39. The van der Waals surface area contributed by atoms with Crippen LogP contribution in [-0.4, -0.2) is 22.4 Å². The number of amides is 1. The van der Waals surface area contributed by atoms with Gasteiger partial charge in [-0.1, -0.05) is 29.1 Å². The molecule has 0 saturated heterocycles. The summed E-state index contributed by atoms with van der Waals surface area (Å²) in [5.41, 5.74) is -0.603. The Labute approximate surface area is 150 Å². The van der Waals surface area contributed by atoms with E-state index in [1.807, 2.05) is 0 Å². The molecule has 2 rings (SSSR count). The average Bonchev–Trinajstić information content (AvgIpc) is 2.88. The first kappa shape index (κ1) is 19.0. The summed E-state index contributed by atoms with van der Waals surface area (Å²) in [6, 6.07) is 2.17. The summed E-state index contributed by atoms with van der Waals surface area (Å²) in [7, 11) is 0.